The number of nitrogens with zero attached hydrogens (tertiary/aromatic N) is 2. The van der Waals surface area contributed by atoms with E-state index in [9.17, 15) is 13.6 Å². The number of thiazole rings is 1. The summed E-state index contributed by atoms with van der Waals surface area (Å²) in [5.74, 6) is -1.04. The highest BCUT2D eigenvalue weighted by molar-refractivity contribution is 7.18. The summed E-state index contributed by atoms with van der Waals surface area (Å²) in [5, 5.41) is 3.65. The van der Waals surface area contributed by atoms with Crippen LogP contribution in [0.4, 0.5) is 8.78 Å². The number of aryl methyl sites for hydroxylation is 1. The highest BCUT2D eigenvalue weighted by atomic mass is 32.1. The fraction of sp³-hybridized carbons (Fsp3) is 0.150. The van der Waals surface area contributed by atoms with Crippen molar-refractivity contribution in [3.05, 3.63) is 71.2 Å². The predicted octanol–water partition coefficient (Wildman–Crippen LogP) is 4.48. The van der Waals surface area contributed by atoms with E-state index < -0.39 is 11.6 Å². The maximum atomic E-state index is 13.8. The maximum absolute atomic E-state index is 13.8. The second kappa shape index (κ2) is 7.85. The van der Waals surface area contributed by atoms with Gasteiger partial charge in [-0.05, 0) is 24.3 Å². The zero-order valence-corrected chi connectivity index (χ0v) is 15.4. The Morgan fingerprint density at radius 2 is 2.04 bits per heavy atom. The van der Waals surface area contributed by atoms with Gasteiger partial charge in [0.1, 0.15) is 16.6 Å². The monoisotopic (exact) mass is 399 g/mol. The largest absolute Gasteiger partial charge is 0.441 e. The zero-order valence-electron chi connectivity index (χ0n) is 14.6. The van der Waals surface area contributed by atoms with E-state index in [0.717, 1.165) is 27.4 Å². The molecule has 1 N–H and O–H groups in total. The molecule has 0 atom stereocenters. The van der Waals surface area contributed by atoms with Crippen LogP contribution in [0.3, 0.4) is 0 Å². The van der Waals surface area contributed by atoms with Crippen molar-refractivity contribution in [3.63, 3.8) is 0 Å². The Morgan fingerprint density at radius 1 is 1.18 bits per heavy atom. The van der Waals surface area contributed by atoms with Gasteiger partial charge >= 0.3 is 0 Å². The number of carbonyl (C=O) groups excluding carboxylic acids is 1. The number of para-hydroxylation sites is 1. The average Bonchev–Trinajstić information content (AvgIpc) is 3.31. The lowest BCUT2D eigenvalue weighted by molar-refractivity contribution is -0.121. The summed E-state index contributed by atoms with van der Waals surface area (Å²) < 4.78 is 33.4. The first kappa shape index (κ1) is 18.2. The summed E-state index contributed by atoms with van der Waals surface area (Å²) in [5.41, 5.74) is 1.04. The van der Waals surface area contributed by atoms with Gasteiger partial charge in [-0.2, -0.15) is 0 Å². The van der Waals surface area contributed by atoms with Crippen LogP contribution in [-0.2, 0) is 17.8 Å². The highest BCUT2D eigenvalue weighted by Gasteiger charge is 2.13. The lowest BCUT2D eigenvalue weighted by atomic mass is 10.2. The summed E-state index contributed by atoms with van der Waals surface area (Å²) in [6, 6.07) is 11.0. The molecule has 0 saturated heterocycles. The molecule has 0 spiro atoms. The second-order valence-corrected chi connectivity index (χ2v) is 7.21. The van der Waals surface area contributed by atoms with Crippen LogP contribution < -0.4 is 5.32 Å². The number of aromatic nitrogens is 2. The van der Waals surface area contributed by atoms with Crippen molar-refractivity contribution in [1.82, 2.24) is 15.3 Å². The fourth-order valence-electron chi connectivity index (χ4n) is 2.72. The van der Waals surface area contributed by atoms with Gasteiger partial charge in [0.25, 0.3) is 0 Å². The summed E-state index contributed by atoms with van der Waals surface area (Å²) in [4.78, 5) is 20.6. The number of fused-ring (bicyclic) bond motifs is 1. The molecule has 0 bridgehead atoms. The lowest BCUT2D eigenvalue weighted by Crippen LogP contribution is -2.22. The smallest absolute Gasteiger partial charge is 0.220 e. The van der Waals surface area contributed by atoms with Gasteiger partial charge in [-0.1, -0.05) is 12.1 Å². The van der Waals surface area contributed by atoms with Gasteiger partial charge in [-0.15, -0.1) is 11.3 Å². The average molecular weight is 399 g/mol. The van der Waals surface area contributed by atoms with Gasteiger partial charge in [0.2, 0.25) is 5.91 Å². The van der Waals surface area contributed by atoms with Crippen molar-refractivity contribution in [2.75, 3.05) is 0 Å². The number of oxazole rings is 1. The Bertz CT molecular complexity index is 1110. The molecule has 8 heteroatoms. The fourth-order valence-corrected chi connectivity index (χ4v) is 3.63. The summed E-state index contributed by atoms with van der Waals surface area (Å²) >= 11 is 1.54. The van der Waals surface area contributed by atoms with Gasteiger partial charge in [0, 0.05) is 18.9 Å². The van der Waals surface area contributed by atoms with Crippen LogP contribution >= 0.6 is 11.3 Å². The van der Waals surface area contributed by atoms with E-state index in [0.29, 0.717) is 12.4 Å². The van der Waals surface area contributed by atoms with E-state index in [4.69, 9.17) is 4.42 Å². The quantitative estimate of drug-likeness (QED) is 0.519. The van der Waals surface area contributed by atoms with E-state index in [-0.39, 0.29) is 30.1 Å². The van der Waals surface area contributed by atoms with Crippen molar-refractivity contribution >= 4 is 27.5 Å². The molecule has 0 aliphatic rings. The number of hydrogen-bond donors (Lipinski definition) is 1. The van der Waals surface area contributed by atoms with E-state index >= 15 is 0 Å². The van der Waals surface area contributed by atoms with Gasteiger partial charge in [0.15, 0.2) is 11.7 Å². The molecule has 0 unspecified atom stereocenters. The number of rotatable bonds is 6. The number of amides is 1. The summed E-state index contributed by atoms with van der Waals surface area (Å²) in [7, 11) is 0. The van der Waals surface area contributed by atoms with Crippen LogP contribution in [0.25, 0.3) is 21.5 Å². The minimum Gasteiger partial charge on any atom is -0.441 e. The maximum Gasteiger partial charge on any atom is 0.220 e. The third-order valence-corrected chi connectivity index (χ3v) is 5.13. The molecule has 1 amide bonds. The van der Waals surface area contributed by atoms with Gasteiger partial charge < -0.3 is 9.73 Å². The van der Waals surface area contributed by atoms with E-state index in [1.54, 1.807) is 0 Å². The molecule has 0 aliphatic carbocycles. The lowest BCUT2D eigenvalue weighted by Gasteiger charge is -2.01. The molecular formula is C20H15F2N3O2S. The van der Waals surface area contributed by atoms with Gasteiger partial charge in [0.05, 0.1) is 28.5 Å². The molecule has 0 saturated carbocycles. The Kier molecular flexibility index (Phi) is 5.12. The topological polar surface area (TPSA) is 68.0 Å². The van der Waals surface area contributed by atoms with Crippen molar-refractivity contribution in [2.45, 2.75) is 19.4 Å². The van der Waals surface area contributed by atoms with Crippen molar-refractivity contribution in [3.8, 4) is 11.3 Å². The number of halogens is 2. The van der Waals surface area contributed by atoms with Gasteiger partial charge in [-0.3, -0.25) is 4.79 Å². The standard InChI is InChI=1S/C20H15F2N3O2S/c21-12-5-6-13(14(22)9-12)16-10-24-19(27-16)8-7-18(26)23-11-20-25-15-3-1-2-4-17(15)28-20/h1-6,9-10H,7-8,11H2,(H,23,26). The first-order chi connectivity index (χ1) is 13.6. The molecule has 0 radical (unpaired) electrons. The van der Waals surface area contributed by atoms with Crippen LogP contribution in [0.2, 0.25) is 0 Å². The Morgan fingerprint density at radius 3 is 2.86 bits per heavy atom. The molecule has 4 aromatic rings. The second-order valence-electron chi connectivity index (χ2n) is 6.09. The van der Waals surface area contributed by atoms with Crippen molar-refractivity contribution < 1.29 is 18.0 Å². The minimum absolute atomic E-state index is 0.125. The van der Waals surface area contributed by atoms with Crippen LogP contribution in [0.5, 0.6) is 0 Å². The third kappa shape index (κ3) is 4.07. The third-order valence-electron chi connectivity index (χ3n) is 4.09. The van der Waals surface area contributed by atoms with E-state index in [1.807, 2.05) is 24.3 Å². The number of carbonyl (C=O) groups is 1. The van der Waals surface area contributed by atoms with Crippen molar-refractivity contribution in [1.29, 1.82) is 0 Å². The highest BCUT2D eigenvalue weighted by Crippen LogP contribution is 2.25. The van der Waals surface area contributed by atoms with E-state index in [2.05, 4.69) is 15.3 Å². The SMILES string of the molecule is O=C(CCc1ncc(-c2ccc(F)cc2F)o1)NCc1nc2ccccc2s1. The Labute approximate surface area is 163 Å². The summed E-state index contributed by atoms with van der Waals surface area (Å²) in [6.45, 7) is 0.357. The molecule has 5 nitrogen and oxygen atoms in total. The van der Waals surface area contributed by atoms with Crippen LogP contribution in [0, 0.1) is 11.6 Å². The zero-order chi connectivity index (χ0) is 19.5. The van der Waals surface area contributed by atoms with Crippen molar-refractivity contribution in [2.24, 2.45) is 0 Å². The molecule has 2 aromatic carbocycles. The minimum atomic E-state index is -0.726. The first-order valence-electron chi connectivity index (χ1n) is 8.60. The van der Waals surface area contributed by atoms with Crippen LogP contribution in [0.1, 0.15) is 17.3 Å². The molecule has 2 aromatic heterocycles. The molecule has 4 rings (SSSR count). The molecule has 142 valence electrons. The van der Waals surface area contributed by atoms with Crippen LogP contribution in [-0.4, -0.2) is 15.9 Å². The Balaban J connectivity index is 1.32. The first-order valence-corrected chi connectivity index (χ1v) is 9.41. The van der Waals surface area contributed by atoms with E-state index in [1.165, 1.54) is 23.6 Å². The Hall–Kier alpha value is -3.13. The molecule has 2 heterocycles. The molecule has 0 aliphatic heterocycles. The molecular weight excluding hydrogens is 384 g/mol. The molecule has 0 fully saturated rings. The number of benzene rings is 2. The summed E-state index contributed by atoms with van der Waals surface area (Å²) in [6.07, 6.45) is 1.82. The van der Waals surface area contributed by atoms with Crippen LogP contribution in [0.15, 0.2) is 53.1 Å². The van der Waals surface area contributed by atoms with Gasteiger partial charge in [-0.25, -0.2) is 18.7 Å². The predicted molar refractivity (Wildman–Crippen MR) is 102 cm³/mol. The normalized spacial score (nSPS) is 11.1. The molecule has 28 heavy (non-hydrogen) atoms. The number of hydrogen-bond acceptors (Lipinski definition) is 5. The number of nitrogens with one attached hydrogen (secondary N) is 1.